The molecule has 0 saturated carbocycles. The SMILES string of the molecule is NCCC(=O)c1cccc(OC(F)(F)F)c1. The third kappa shape index (κ3) is 3.90. The summed E-state index contributed by atoms with van der Waals surface area (Å²) in [6, 6.07) is 4.92. The molecular weight excluding hydrogens is 223 g/mol. The van der Waals surface area contributed by atoms with Crippen LogP contribution in [0.5, 0.6) is 5.75 Å². The van der Waals surface area contributed by atoms with Crippen molar-refractivity contribution in [3.63, 3.8) is 0 Å². The Morgan fingerprint density at radius 3 is 2.62 bits per heavy atom. The highest BCUT2D eigenvalue weighted by Crippen LogP contribution is 2.23. The molecule has 0 spiro atoms. The zero-order valence-electron chi connectivity index (χ0n) is 8.25. The molecule has 0 aliphatic carbocycles. The van der Waals surface area contributed by atoms with Gasteiger partial charge in [-0.2, -0.15) is 0 Å². The molecule has 0 radical (unpaired) electrons. The number of hydrogen-bond donors (Lipinski definition) is 1. The van der Waals surface area contributed by atoms with E-state index in [9.17, 15) is 18.0 Å². The Bertz CT molecular complexity index is 377. The van der Waals surface area contributed by atoms with Gasteiger partial charge in [0.25, 0.3) is 0 Å². The van der Waals surface area contributed by atoms with Crippen molar-refractivity contribution in [1.82, 2.24) is 0 Å². The summed E-state index contributed by atoms with van der Waals surface area (Å²) in [5.41, 5.74) is 5.33. The van der Waals surface area contributed by atoms with Crippen LogP contribution >= 0.6 is 0 Å². The highest BCUT2D eigenvalue weighted by molar-refractivity contribution is 5.96. The number of carbonyl (C=O) groups is 1. The molecule has 0 fully saturated rings. The van der Waals surface area contributed by atoms with Crippen LogP contribution in [-0.4, -0.2) is 18.7 Å². The Labute approximate surface area is 90.0 Å². The fourth-order valence-electron chi connectivity index (χ4n) is 1.14. The normalized spacial score (nSPS) is 11.2. The third-order valence-corrected chi connectivity index (χ3v) is 1.76. The number of alkyl halides is 3. The first-order chi connectivity index (χ1) is 7.42. The van der Waals surface area contributed by atoms with Gasteiger partial charge in [0.15, 0.2) is 5.78 Å². The molecule has 3 nitrogen and oxygen atoms in total. The molecule has 16 heavy (non-hydrogen) atoms. The van der Waals surface area contributed by atoms with E-state index in [-0.39, 0.29) is 24.3 Å². The van der Waals surface area contributed by atoms with Crippen LogP contribution in [0.3, 0.4) is 0 Å². The van der Waals surface area contributed by atoms with Gasteiger partial charge in [-0.05, 0) is 18.7 Å². The number of halogens is 3. The fourth-order valence-corrected chi connectivity index (χ4v) is 1.14. The van der Waals surface area contributed by atoms with Crippen LogP contribution < -0.4 is 10.5 Å². The molecule has 6 heteroatoms. The zero-order chi connectivity index (χ0) is 12.2. The maximum Gasteiger partial charge on any atom is 0.573 e. The van der Waals surface area contributed by atoms with Crippen molar-refractivity contribution in [3.8, 4) is 5.75 Å². The van der Waals surface area contributed by atoms with Gasteiger partial charge < -0.3 is 10.5 Å². The molecule has 2 N–H and O–H groups in total. The minimum absolute atomic E-state index is 0.0927. The minimum atomic E-state index is -4.75. The number of Topliss-reactive ketones (excluding diaryl/α,β-unsaturated/α-hetero) is 1. The average molecular weight is 233 g/mol. The lowest BCUT2D eigenvalue weighted by atomic mass is 10.1. The van der Waals surface area contributed by atoms with Crippen LogP contribution in [0.1, 0.15) is 16.8 Å². The van der Waals surface area contributed by atoms with Crippen LogP contribution in [0.25, 0.3) is 0 Å². The van der Waals surface area contributed by atoms with Crippen molar-refractivity contribution in [2.45, 2.75) is 12.8 Å². The molecule has 0 aromatic heterocycles. The van der Waals surface area contributed by atoms with E-state index in [1.807, 2.05) is 0 Å². The van der Waals surface area contributed by atoms with E-state index in [2.05, 4.69) is 4.74 Å². The van der Waals surface area contributed by atoms with E-state index in [1.165, 1.54) is 12.1 Å². The van der Waals surface area contributed by atoms with Crippen molar-refractivity contribution >= 4 is 5.78 Å². The number of benzene rings is 1. The Hall–Kier alpha value is -1.56. The number of ether oxygens (including phenoxy) is 1. The van der Waals surface area contributed by atoms with Crippen molar-refractivity contribution in [2.75, 3.05) is 6.54 Å². The molecule has 0 heterocycles. The van der Waals surface area contributed by atoms with Crippen LogP contribution in [0, 0.1) is 0 Å². The molecule has 1 aromatic carbocycles. The Kier molecular flexibility index (Phi) is 3.89. The first kappa shape index (κ1) is 12.5. The number of rotatable bonds is 4. The molecule has 1 rings (SSSR count). The molecule has 0 aliphatic rings. The van der Waals surface area contributed by atoms with Gasteiger partial charge >= 0.3 is 6.36 Å². The van der Waals surface area contributed by atoms with Crippen molar-refractivity contribution < 1.29 is 22.7 Å². The van der Waals surface area contributed by atoms with Gasteiger partial charge in [-0.1, -0.05) is 12.1 Å². The van der Waals surface area contributed by atoms with Gasteiger partial charge in [0.2, 0.25) is 0 Å². The Balaban J connectivity index is 2.83. The van der Waals surface area contributed by atoms with E-state index in [0.29, 0.717) is 0 Å². The first-order valence-electron chi connectivity index (χ1n) is 4.51. The van der Waals surface area contributed by atoms with Crippen LogP contribution in [-0.2, 0) is 0 Å². The number of nitrogens with two attached hydrogens (primary N) is 1. The van der Waals surface area contributed by atoms with Gasteiger partial charge in [-0.15, -0.1) is 13.2 Å². The summed E-state index contributed by atoms with van der Waals surface area (Å²) in [5, 5.41) is 0. The Morgan fingerprint density at radius 2 is 2.06 bits per heavy atom. The monoisotopic (exact) mass is 233 g/mol. The second-order valence-corrected chi connectivity index (χ2v) is 3.04. The van der Waals surface area contributed by atoms with Crippen LogP contribution in [0.2, 0.25) is 0 Å². The second-order valence-electron chi connectivity index (χ2n) is 3.04. The van der Waals surface area contributed by atoms with E-state index in [4.69, 9.17) is 5.73 Å². The van der Waals surface area contributed by atoms with Crippen molar-refractivity contribution in [1.29, 1.82) is 0 Å². The van der Waals surface area contributed by atoms with Crippen LogP contribution in [0.4, 0.5) is 13.2 Å². The predicted octanol–water partition coefficient (Wildman–Crippen LogP) is 2.12. The van der Waals surface area contributed by atoms with Crippen LogP contribution in [0.15, 0.2) is 24.3 Å². The molecule has 0 saturated heterocycles. The molecule has 0 unspecified atom stereocenters. The lowest BCUT2D eigenvalue weighted by Gasteiger charge is -2.09. The molecule has 88 valence electrons. The summed E-state index contributed by atoms with van der Waals surface area (Å²) in [4.78, 5) is 11.3. The fraction of sp³-hybridized carbons (Fsp3) is 0.300. The Morgan fingerprint density at radius 1 is 1.38 bits per heavy atom. The van der Waals surface area contributed by atoms with E-state index < -0.39 is 12.1 Å². The van der Waals surface area contributed by atoms with Gasteiger partial charge in [0, 0.05) is 12.0 Å². The summed E-state index contributed by atoms with van der Waals surface area (Å²) in [6.45, 7) is 0.156. The summed E-state index contributed by atoms with van der Waals surface area (Å²) in [7, 11) is 0. The molecule has 0 aliphatic heterocycles. The highest BCUT2D eigenvalue weighted by atomic mass is 19.4. The van der Waals surface area contributed by atoms with Gasteiger partial charge in [0.1, 0.15) is 5.75 Å². The maximum atomic E-state index is 11.9. The molecule has 0 bridgehead atoms. The number of ketones is 1. The predicted molar refractivity (Wildman–Crippen MR) is 51.1 cm³/mol. The molecule has 0 atom stereocenters. The van der Waals surface area contributed by atoms with Gasteiger partial charge in [-0.3, -0.25) is 4.79 Å². The maximum absolute atomic E-state index is 11.9. The zero-order valence-corrected chi connectivity index (χ0v) is 8.25. The standard InChI is InChI=1S/C10H10F3NO2/c11-10(12,13)16-8-3-1-2-7(6-8)9(15)4-5-14/h1-3,6H,4-5,14H2. The third-order valence-electron chi connectivity index (χ3n) is 1.76. The lowest BCUT2D eigenvalue weighted by molar-refractivity contribution is -0.274. The lowest BCUT2D eigenvalue weighted by Crippen LogP contribution is -2.17. The molecule has 1 aromatic rings. The summed E-state index contributed by atoms with van der Waals surface area (Å²) < 4.78 is 39.4. The largest absolute Gasteiger partial charge is 0.573 e. The smallest absolute Gasteiger partial charge is 0.406 e. The second kappa shape index (κ2) is 4.98. The quantitative estimate of drug-likeness (QED) is 0.810. The minimum Gasteiger partial charge on any atom is -0.406 e. The van der Waals surface area contributed by atoms with Crippen molar-refractivity contribution in [2.24, 2.45) is 5.73 Å². The van der Waals surface area contributed by atoms with E-state index in [1.54, 1.807) is 0 Å². The molecular formula is C10H10F3NO2. The van der Waals surface area contributed by atoms with E-state index >= 15 is 0 Å². The highest BCUT2D eigenvalue weighted by Gasteiger charge is 2.31. The summed E-state index contributed by atoms with van der Waals surface area (Å²) in [6.07, 6.45) is -4.66. The summed E-state index contributed by atoms with van der Waals surface area (Å²) >= 11 is 0. The first-order valence-corrected chi connectivity index (χ1v) is 4.51. The van der Waals surface area contributed by atoms with Crippen molar-refractivity contribution in [3.05, 3.63) is 29.8 Å². The number of carbonyl (C=O) groups excluding carboxylic acids is 1. The summed E-state index contributed by atoms with van der Waals surface area (Å²) in [5.74, 6) is -0.717. The average Bonchev–Trinajstić information content (AvgIpc) is 2.16. The van der Waals surface area contributed by atoms with E-state index in [0.717, 1.165) is 12.1 Å². The van der Waals surface area contributed by atoms with Gasteiger partial charge in [0.05, 0.1) is 0 Å². The topological polar surface area (TPSA) is 52.3 Å². The van der Waals surface area contributed by atoms with Gasteiger partial charge in [-0.25, -0.2) is 0 Å². The number of hydrogen-bond acceptors (Lipinski definition) is 3. The molecule has 0 amide bonds.